The van der Waals surface area contributed by atoms with E-state index in [2.05, 4.69) is 4.98 Å². The lowest BCUT2D eigenvalue weighted by atomic mass is 10.1. The van der Waals surface area contributed by atoms with Gasteiger partial charge in [0.1, 0.15) is 5.15 Å². The zero-order valence-electron chi connectivity index (χ0n) is 10.7. The summed E-state index contributed by atoms with van der Waals surface area (Å²) in [5.74, 6) is -0.0617. The SMILES string of the molecule is Cc1ccc(C)c(CS(=O)(=O)c2cccc(Cl)n2)c1. The van der Waals surface area contributed by atoms with E-state index in [-0.39, 0.29) is 15.9 Å². The van der Waals surface area contributed by atoms with E-state index in [4.69, 9.17) is 11.6 Å². The van der Waals surface area contributed by atoms with Crippen molar-refractivity contribution >= 4 is 21.4 Å². The number of benzene rings is 1. The highest BCUT2D eigenvalue weighted by Gasteiger charge is 2.18. The first-order valence-corrected chi connectivity index (χ1v) is 7.83. The van der Waals surface area contributed by atoms with Gasteiger partial charge in [-0.3, -0.25) is 0 Å². The molecule has 0 spiro atoms. The molecule has 0 aliphatic carbocycles. The molecule has 0 N–H and O–H groups in total. The molecule has 1 heterocycles. The van der Waals surface area contributed by atoms with Crippen molar-refractivity contribution in [3.63, 3.8) is 0 Å². The summed E-state index contributed by atoms with van der Waals surface area (Å²) in [5.41, 5.74) is 2.79. The number of halogens is 1. The fourth-order valence-electron chi connectivity index (χ4n) is 1.80. The quantitative estimate of drug-likeness (QED) is 0.816. The number of rotatable bonds is 3. The van der Waals surface area contributed by atoms with Crippen molar-refractivity contribution in [2.45, 2.75) is 24.6 Å². The summed E-state index contributed by atoms with van der Waals surface area (Å²) in [4.78, 5) is 3.87. The van der Waals surface area contributed by atoms with Crippen molar-refractivity contribution in [2.75, 3.05) is 0 Å². The summed E-state index contributed by atoms with van der Waals surface area (Å²) >= 11 is 5.73. The number of sulfone groups is 1. The largest absolute Gasteiger partial charge is 0.225 e. The standard InChI is InChI=1S/C14H14ClNO2S/c1-10-6-7-11(2)12(8-10)9-19(17,18)14-5-3-4-13(15)16-14/h3-8H,9H2,1-2H3. The second-order valence-corrected chi connectivity index (χ2v) is 6.81. The van der Waals surface area contributed by atoms with E-state index in [1.165, 1.54) is 6.07 Å². The molecular weight excluding hydrogens is 282 g/mol. The Labute approximate surface area is 118 Å². The van der Waals surface area contributed by atoms with E-state index in [9.17, 15) is 8.42 Å². The van der Waals surface area contributed by atoms with Crippen molar-refractivity contribution < 1.29 is 8.42 Å². The van der Waals surface area contributed by atoms with E-state index in [0.717, 1.165) is 16.7 Å². The first kappa shape index (κ1) is 14.0. The Bertz CT molecular complexity index is 711. The van der Waals surface area contributed by atoms with Crippen LogP contribution in [-0.2, 0) is 15.6 Å². The number of hydrogen-bond acceptors (Lipinski definition) is 3. The predicted octanol–water partition coefficient (Wildman–Crippen LogP) is 3.33. The smallest absolute Gasteiger partial charge is 0.199 e. The Morgan fingerprint density at radius 2 is 1.89 bits per heavy atom. The van der Waals surface area contributed by atoms with Crippen molar-refractivity contribution in [3.05, 3.63) is 58.2 Å². The van der Waals surface area contributed by atoms with Crippen LogP contribution in [0.25, 0.3) is 0 Å². The molecule has 2 aromatic rings. The van der Waals surface area contributed by atoms with Crippen LogP contribution in [0.5, 0.6) is 0 Å². The maximum Gasteiger partial charge on any atom is 0.199 e. The molecule has 3 nitrogen and oxygen atoms in total. The molecule has 0 fully saturated rings. The number of hydrogen-bond donors (Lipinski definition) is 0. The maximum atomic E-state index is 12.3. The van der Waals surface area contributed by atoms with Crippen LogP contribution in [0.3, 0.4) is 0 Å². The molecule has 0 unspecified atom stereocenters. The number of pyridine rings is 1. The van der Waals surface area contributed by atoms with Gasteiger partial charge in [-0.05, 0) is 37.1 Å². The fourth-order valence-corrected chi connectivity index (χ4v) is 3.40. The number of aromatic nitrogens is 1. The third-order valence-electron chi connectivity index (χ3n) is 2.86. The highest BCUT2D eigenvalue weighted by atomic mass is 35.5. The second-order valence-electron chi connectivity index (χ2n) is 4.49. The summed E-state index contributed by atoms with van der Waals surface area (Å²) in [5, 5.41) is 0.197. The lowest BCUT2D eigenvalue weighted by Gasteiger charge is -2.08. The van der Waals surface area contributed by atoms with Crippen LogP contribution >= 0.6 is 11.6 Å². The molecule has 0 atom stereocenters. The van der Waals surface area contributed by atoms with Crippen molar-refractivity contribution in [1.82, 2.24) is 4.98 Å². The van der Waals surface area contributed by atoms with Crippen LogP contribution in [0.2, 0.25) is 5.15 Å². The molecule has 0 aliphatic heterocycles. The molecule has 5 heteroatoms. The third kappa shape index (κ3) is 3.33. The molecule has 100 valence electrons. The molecule has 0 saturated carbocycles. The molecule has 2 rings (SSSR count). The van der Waals surface area contributed by atoms with E-state index in [0.29, 0.717) is 0 Å². The lowest BCUT2D eigenvalue weighted by Crippen LogP contribution is -2.08. The summed E-state index contributed by atoms with van der Waals surface area (Å²) in [6.45, 7) is 3.84. The van der Waals surface area contributed by atoms with Gasteiger partial charge >= 0.3 is 0 Å². The van der Waals surface area contributed by atoms with Gasteiger partial charge < -0.3 is 0 Å². The zero-order valence-corrected chi connectivity index (χ0v) is 12.3. The van der Waals surface area contributed by atoms with Crippen molar-refractivity contribution in [3.8, 4) is 0 Å². The van der Waals surface area contributed by atoms with Crippen LogP contribution in [0.4, 0.5) is 0 Å². The molecule has 0 bridgehead atoms. The Hall–Kier alpha value is -1.39. The Morgan fingerprint density at radius 3 is 2.58 bits per heavy atom. The summed E-state index contributed by atoms with van der Waals surface area (Å²) < 4.78 is 24.6. The van der Waals surface area contributed by atoms with E-state index < -0.39 is 9.84 Å². The Morgan fingerprint density at radius 1 is 1.16 bits per heavy atom. The van der Waals surface area contributed by atoms with Gasteiger partial charge in [0, 0.05) is 0 Å². The average molecular weight is 296 g/mol. The van der Waals surface area contributed by atoms with Gasteiger partial charge in [0.2, 0.25) is 0 Å². The highest BCUT2D eigenvalue weighted by Crippen LogP contribution is 2.19. The first-order valence-electron chi connectivity index (χ1n) is 5.80. The maximum absolute atomic E-state index is 12.3. The van der Waals surface area contributed by atoms with Gasteiger partial charge in [-0.1, -0.05) is 41.4 Å². The molecule has 0 radical (unpaired) electrons. The second kappa shape index (κ2) is 5.31. The molecule has 1 aromatic carbocycles. The van der Waals surface area contributed by atoms with Gasteiger partial charge in [0.05, 0.1) is 5.75 Å². The van der Waals surface area contributed by atoms with Crippen LogP contribution in [-0.4, -0.2) is 13.4 Å². The van der Waals surface area contributed by atoms with Gasteiger partial charge in [0.25, 0.3) is 0 Å². The van der Waals surface area contributed by atoms with Gasteiger partial charge in [-0.25, -0.2) is 13.4 Å². The highest BCUT2D eigenvalue weighted by molar-refractivity contribution is 7.90. The van der Waals surface area contributed by atoms with Gasteiger partial charge in [0.15, 0.2) is 14.9 Å². The van der Waals surface area contributed by atoms with E-state index in [1.54, 1.807) is 12.1 Å². The molecule has 1 aromatic heterocycles. The minimum Gasteiger partial charge on any atom is -0.225 e. The monoisotopic (exact) mass is 295 g/mol. The normalized spacial score (nSPS) is 11.5. The zero-order chi connectivity index (χ0) is 14.0. The topological polar surface area (TPSA) is 47.0 Å². The van der Waals surface area contributed by atoms with E-state index >= 15 is 0 Å². The van der Waals surface area contributed by atoms with Crippen LogP contribution in [0.1, 0.15) is 16.7 Å². The van der Waals surface area contributed by atoms with Gasteiger partial charge in [-0.15, -0.1) is 0 Å². The first-order chi connectivity index (χ1) is 8.88. The van der Waals surface area contributed by atoms with E-state index in [1.807, 2.05) is 32.0 Å². The van der Waals surface area contributed by atoms with Gasteiger partial charge in [-0.2, -0.15) is 0 Å². The fraction of sp³-hybridized carbons (Fsp3) is 0.214. The van der Waals surface area contributed by atoms with Crippen molar-refractivity contribution in [1.29, 1.82) is 0 Å². The summed E-state index contributed by atoms with van der Waals surface area (Å²) in [7, 11) is -3.47. The minimum atomic E-state index is -3.47. The molecule has 0 aliphatic rings. The summed E-state index contributed by atoms with van der Waals surface area (Å²) in [6, 6.07) is 10.4. The van der Waals surface area contributed by atoms with Crippen LogP contribution < -0.4 is 0 Å². The predicted molar refractivity (Wildman–Crippen MR) is 76.1 cm³/mol. The molecular formula is C14H14ClNO2S. The van der Waals surface area contributed by atoms with Crippen LogP contribution in [0.15, 0.2) is 41.4 Å². The summed E-state index contributed by atoms with van der Waals surface area (Å²) in [6.07, 6.45) is 0. The number of aryl methyl sites for hydroxylation is 2. The Kier molecular flexibility index (Phi) is 3.92. The molecule has 0 saturated heterocycles. The van der Waals surface area contributed by atoms with Crippen molar-refractivity contribution in [2.24, 2.45) is 0 Å². The third-order valence-corrected chi connectivity index (χ3v) is 4.62. The molecule has 0 amide bonds. The Balaban J connectivity index is 2.39. The average Bonchev–Trinajstić information content (AvgIpc) is 2.33. The minimum absolute atomic E-state index is 0.0147. The number of nitrogens with zero attached hydrogens (tertiary/aromatic N) is 1. The lowest BCUT2D eigenvalue weighted by molar-refractivity contribution is 0.591. The molecule has 19 heavy (non-hydrogen) atoms. The van der Waals surface area contributed by atoms with Crippen LogP contribution in [0, 0.1) is 13.8 Å².